The third-order valence-electron chi connectivity index (χ3n) is 4.97. The van der Waals surface area contributed by atoms with E-state index in [0.717, 1.165) is 44.9 Å². The van der Waals surface area contributed by atoms with Crippen molar-refractivity contribution in [1.29, 1.82) is 0 Å². The first-order valence-corrected chi connectivity index (χ1v) is 7.75. The number of rotatable bonds is 4. The molecule has 5 nitrogen and oxygen atoms in total. The van der Waals surface area contributed by atoms with Gasteiger partial charge in [0.25, 0.3) is 0 Å². The van der Waals surface area contributed by atoms with Gasteiger partial charge in [0, 0.05) is 12.1 Å². The molecule has 5 heteroatoms. The van der Waals surface area contributed by atoms with Crippen molar-refractivity contribution in [3.05, 3.63) is 0 Å². The summed E-state index contributed by atoms with van der Waals surface area (Å²) in [4.78, 5) is 23.6. The number of hydrogen-bond donors (Lipinski definition) is 3. The lowest BCUT2D eigenvalue weighted by Crippen LogP contribution is -2.56. The second-order valence-corrected chi connectivity index (χ2v) is 6.72. The lowest BCUT2D eigenvalue weighted by atomic mass is 9.78. The molecule has 2 saturated carbocycles. The van der Waals surface area contributed by atoms with E-state index in [1.165, 1.54) is 0 Å². The van der Waals surface area contributed by atoms with Crippen LogP contribution in [0.1, 0.15) is 64.7 Å². The summed E-state index contributed by atoms with van der Waals surface area (Å²) < 4.78 is 0. The molecule has 2 amide bonds. The quantitative estimate of drug-likeness (QED) is 0.694. The lowest BCUT2D eigenvalue weighted by Gasteiger charge is -2.39. The van der Waals surface area contributed by atoms with E-state index in [9.17, 15) is 14.7 Å². The van der Waals surface area contributed by atoms with Gasteiger partial charge in [0.1, 0.15) is 0 Å². The molecule has 2 fully saturated rings. The van der Waals surface area contributed by atoms with E-state index >= 15 is 0 Å². The van der Waals surface area contributed by atoms with Crippen molar-refractivity contribution in [2.45, 2.75) is 70.3 Å². The van der Waals surface area contributed by atoms with Crippen LogP contribution in [0.4, 0.5) is 4.79 Å². The maximum absolute atomic E-state index is 11.9. The second kappa shape index (κ2) is 6.02. The second-order valence-electron chi connectivity index (χ2n) is 6.72. The van der Waals surface area contributed by atoms with Crippen LogP contribution in [0.5, 0.6) is 0 Å². The third-order valence-corrected chi connectivity index (χ3v) is 4.97. The van der Waals surface area contributed by atoms with E-state index < -0.39 is 11.4 Å². The van der Waals surface area contributed by atoms with E-state index in [4.69, 9.17) is 0 Å². The predicted molar refractivity (Wildman–Crippen MR) is 76.6 cm³/mol. The number of carbonyl (C=O) groups is 2. The highest BCUT2D eigenvalue weighted by molar-refractivity contribution is 5.78. The molecule has 0 radical (unpaired) electrons. The van der Waals surface area contributed by atoms with Gasteiger partial charge < -0.3 is 15.7 Å². The number of carbonyl (C=O) groups excluding carboxylic acids is 1. The maximum atomic E-state index is 11.9. The summed E-state index contributed by atoms with van der Waals surface area (Å²) in [5.74, 6) is -0.769. The van der Waals surface area contributed by atoms with Gasteiger partial charge in [-0.05, 0) is 39.0 Å². The van der Waals surface area contributed by atoms with Gasteiger partial charge in [0.2, 0.25) is 0 Å². The van der Waals surface area contributed by atoms with Crippen LogP contribution in [-0.4, -0.2) is 29.2 Å². The van der Waals surface area contributed by atoms with Gasteiger partial charge in [0.15, 0.2) is 0 Å². The molecule has 0 saturated heterocycles. The summed E-state index contributed by atoms with van der Waals surface area (Å²) in [5, 5.41) is 15.3. The molecule has 0 aromatic rings. The number of carboxylic acids is 1. The number of nitrogens with one attached hydrogen (secondary N) is 2. The van der Waals surface area contributed by atoms with Crippen LogP contribution in [0.3, 0.4) is 0 Å². The molecule has 20 heavy (non-hydrogen) atoms. The molecule has 0 unspecified atom stereocenters. The molecule has 0 spiro atoms. The average Bonchev–Trinajstić information content (AvgIpc) is 2.61. The summed E-state index contributed by atoms with van der Waals surface area (Å²) in [6.45, 7) is 2.28. The largest absolute Gasteiger partial charge is 0.481 e. The van der Waals surface area contributed by atoms with Gasteiger partial charge in [-0.2, -0.15) is 0 Å². The fourth-order valence-corrected chi connectivity index (χ4v) is 3.27. The summed E-state index contributed by atoms with van der Waals surface area (Å²) in [7, 11) is 0. The molecular formula is C15H26N2O3. The zero-order valence-electron chi connectivity index (χ0n) is 12.3. The highest BCUT2D eigenvalue weighted by Gasteiger charge is 2.39. The summed E-state index contributed by atoms with van der Waals surface area (Å²) in [6, 6.07) is -0.225. The minimum Gasteiger partial charge on any atom is -0.481 e. The van der Waals surface area contributed by atoms with Crippen molar-refractivity contribution in [1.82, 2.24) is 10.6 Å². The average molecular weight is 282 g/mol. The van der Waals surface area contributed by atoms with Gasteiger partial charge in [0.05, 0.1) is 5.41 Å². The highest BCUT2D eigenvalue weighted by atomic mass is 16.4. The molecule has 0 heterocycles. The number of carboxylic acid groups (broad SMARTS) is 1. The van der Waals surface area contributed by atoms with Crippen molar-refractivity contribution in [3.63, 3.8) is 0 Å². The Hall–Kier alpha value is -1.26. The van der Waals surface area contributed by atoms with Crippen LogP contribution >= 0.6 is 0 Å². The van der Waals surface area contributed by atoms with Crippen molar-refractivity contribution in [3.8, 4) is 0 Å². The minimum absolute atomic E-state index is 0.0933. The maximum Gasteiger partial charge on any atom is 0.315 e. The molecule has 0 aliphatic heterocycles. The summed E-state index contributed by atoms with van der Waals surface area (Å²) >= 11 is 0. The Kier molecular flexibility index (Phi) is 4.55. The standard InChI is InChI=1S/C15H26N2O3/c1-14(7-6-8-14)17-13(20)16-11-15(12(18)19)9-4-2-3-5-10-15/h2-11H2,1H3,(H,18,19)(H2,16,17,20). The molecule has 0 aromatic carbocycles. The van der Waals surface area contributed by atoms with Gasteiger partial charge in [-0.15, -0.1) is 0 Å². The van der Waals surface area contributed by atoms with Crippen molar-refractivity contribution < 1.29 is 14.7 Å². The van der Waals surface area contributed by atoms with Gasteiger partial charge in [-0.1, -0.05) is 25.7 Å². The summed E-state index contributed by atoms with van der Waals surface area (Å²) in [5.41, 5.74) is -0.863. The molecule has 0 aromatic heterocycles. The Labute approximate surface area is 120 Å². The predicted octanol–water partition coefficient (Wildman–Crippen LogP) is 2.65. The van der Waals surface area contributed by atoms with Crippen molar-refractivity contribution in [2.75, 3.05) is 6.54 Å². The molecule has 0 atom stereocenters. The molecule has 114 valence electrons. The fourth-order valence-electron chi connectivity index (χ4n) is 3.27. The number of aliphatic carboxylic acids is 1. The highest BCUT2D eigenvalue weighted by Crippen LogP contribution is 2.35. The molecule has 2 rings (SSSR count). The molecule has 0 bridgehead atoms. The molecule has 2 aliphatic rings. The first-order valence-electron chi connectivity index (χ1n) is 7.75. The first-order chi connectivity index (χ1) is 9.46. The van der Waals surface area contributed by atoms with Gasteiger partial charge >= 0.3 is 12.0 Å². The topological polar surface area (TPSA) is 78.4 Å². The normalized spacial score (nSPS) is 24.1. The monoisotopic (exact) mass is 282 g/mol. The van der Waals surface area contributed by atoms with Crippen LogP contribution in [0.25, 0.3) is 0 Å². The molecule has 2 aliphatic carbocycles. The Morgan fingerprint density at radius 2 is 1.60 bits per heavy atom. The Morgan fingerprint density at radius 1 is 1.00 bits per heavy atom. The smallest absolute Gasteiger partial charge is 0.315 e. The fraction of sp³-hybridized carbons (Fsp3) is 0.867. The minimum atomic E-state index is -0.769. The van der Waals surface area contributed by atoms with Gasteiger partial charge in [-0.25, -0.2) is 4.79 Å². The van der Waals surface area contributed by atoms with Crippen LogP contribution in [0.15, 0.2) is 0 Å². The number of urea groups is 1. The van der Waals surface area contributed by atoms with E-state index in [1.54, 1.807) is 0 Å². The lowest BCUT2D eigenvalue weighted by molar-refractivity contribution is -0.149. The SMILES string of the molecule is CC1(NC(=O)NCC2(C(=O)O)CCCCCC2)CCC1. The Bertz CT molecular complexity index is 369. The van der Waals surface area contributed by atoms with E-state index in [1.807, 2.05) is 6.92 Å². The van der Waals surface area contributed by atoms with Crippen LogP contribution in [0, 0.1) is 5.41 Å². The van der Waals surface area contributed by atoms with E-state index in [0.29, 0.717) is 12.8 Å². The summed E-state index contributed by atoms with van der Waals surface area (Å²) in [6.07, 6.45) is 8.56. The van der Waals surface area contributed by atoms with E-state index in [2.05, 4.69) is 10.6 Å². The number of amides is 2. The van der Waals surface area contributed by atoms with Crippen LogP contribution in [0.2, 0.25) is 0 Å². The van der Waals surface area contributed by atoms with Gasteiger partial charge in [-0.3, -0.25) is 4.79 Å². The zero-order valence-corrected chi connectivity index (χ0v) is 12.3. The number of hydrogen-bond acceptors (Lipinski definition) is 2. The van der Waals surface area contributed by atoms with Crippen LogP contribution in [-0.2, 0) is 4.79 Å². The first kappa shape index (κ1) is 15.1. The van der Waals surface area contributed by atoms with Crippen LogP contribution < -0.4 is 10.6 Å². The third kappa shape index (κ3) is 3.44. The zero-order chi connectivity index (χ0) is 14.6. The van der Waals surface area contributed by atoms with E-state index in [-0.39, 0.29) is 18.1 Å². The Balaban J connectivity index is 1.88. The molecular weight excluding hydrogens is 256 g/mol. The van der Waals surface area contributed by atoms with Crippen molar-refractivity contribution >= 4 is 12.0 Å². The Morgan fingerprint density at radius 3 is 2.05 bits per heavy atom. The molecule has 3 N–H and O–H groups in total. The van der Waals surface area contributed by atoms with Crippen molar-refractivity contribution in [2.24, 2.45) is 5.41 Å².